The number of aliphatic carboxylic acids is 4. The Balaban J connectivity index is 5.46. The van der Waals surface area contributed by atoms with E-state index in [4.69, 9.17) is 20.4 Å². The largest absolute Gasteiger partial charge is 0.481 e. The summed E-state index contributed by atoms with van der Waals surface area (Å²) in [6.07, 6.45) is -4.68. The number of rotatable bonds is 15. The Morgan fingerprint density at radius 2 is 1.09 bits per heavy atom. The van der Waals surface area contributed by atoms with E-state index in [0.717, 1.165) is 0 Å². The van der Waals surface area contributed by atoms with Crippen molar-refractivity contribution in [2.24, 2.45) is 0 Å². The van der Waals surface area contributed by atoms with Crippen molar-refractivity contribution in [3.63, 3.8) is 0 Å². The Kier molecular flexibility index (Phi) is 11.9. The first-order valence-corrected chi connectivity index (χ1v) is 9.19. The monoisotopic (exact) mass is 463 g/mol. The van der Waals surface area contributed by atoms with Crippen LogP contribution in [-0.2, 0) is 33.6 Å². The van der Waals surface area contributed by atoms with Crippen LogP contribution in [0.1, 0.15) is 39.0 Å². The van der Waals surface area contributed by atoms with Crippen LogP contribution >= 0.6 is 0 Å². The van der Waals surface area contributed by atoms with Crippen LogP contribution in [0.3, 0.4) is 0 Å². The molecule has 0 aliphatic carbocycles. The Hall–Kier alpha value is -3.75. The van der Waals surface area contributed by atoms with Gasteiger partial charge < -0.3 is 41.5 Å². The molecule has 180 valence electrons. The van der Waals surface area contributed by atoms with Crippen LogP contribution in [0.5, 0.6) is 0 Å². The molecule has 1 unspecified atom stereocenters. The fourth-order valence-electron chi connectivity index (χ4n) is 2.36. The SMILES string of the molecule is CC(O)CC(=O)N[C@@H](CC(=O)O)C(=O)N[C@@H](CC(=O)O)C(=O)N[C@@H](CCC(=O)O)C(=O)O. The highest BCUT2D eigenvalue weighted by Crippen LogP contribution is 2.03. The van der Waals surface area contributed by atoms with Crippen molar-refractivity contribution >= 4 is 41.6 Å². The average Bonchev–Trinajstić information content (AvgIpc) is 2.61. The maximum atomic E-state index is 12.4. The van der Waals surface area contributed by atoms with Crippen molar-refractivity contribution in [2.45, 2.75) is 63.3 Å². The summed E-state index contributed by atoms with van der Waals surface area (Å²) in [5.74, 6) is -9.44. The van der Waals surface area contributed by atoms with E-state index in [1.54, 1.807) is 0 Å². The minimum Gasteiger partial charge on any atom is -0.481 e. The number of hydrogen-bond donors (Lipinski definition) is 8. The van der Waals surface area contributed by atoms with Crippen LogP contribution in [0.2, 0.25) is 0 Å². The number of hydrogen-bond acceptors (Lipinski definition) is 8. The smallest absolute Gasteiger partial charge is 0.326 e. The van der Waals surface area contributed by atoms with Gasteiger partial charge in [-0.25, -0.2) is 4.79 Å². The molecule has 0 aliphatic heterocycles. The normalized spacial score (nSPS) is 14.2. The Bertz CT molecular complexity index is 751. The molecule has 0 radical (unpaired) electrons. The molecule has 0 fully saturated rings. The Morgan fingerprint density at radius 3 is 1.47 bits per heavy atom. The van der Waals surface area contributed by atoms with E-state index in [-0.39, 0.29) is 0 Å². The molecule has 0 bridgehead atoms. The first-order valence-electron chi connectivity index (χ1n) is 9.19. The molecule has 0 saturated heterocycles. The second-order valence-corrected chi connectivity index (χ2v) is 6.76. The number of amides is 3. The van der Waals surface area contributed by atoms with Gasteiger partial charge in [-0.3, -0.25) is 28.8 Å². The summed E-state index contributed by atoms with van der Waals surface area (Å²) in [5.41, 5.74) is 0. The predicted octanol–water partition coefficient (Wildman–Crippen LogP) is -2.89. The fraction of sp³-hybridized carbons (Fsp3) is 0.588. The minimum atomic E-state index is -1.86. The third kappa shape index (κ3) is 12.1. The van der Waals surface area contributed by atoms with Crippen LogP contribution in [0.4, 0.5) is 0 Å². The molecule has 0 aromatic heterocycles. The van der Waals surface area contributed by atoms with Gasteiger partial charge in [0.2, 0.25) is 17.7 Å². The molecule has 32 heavy (non-hydrogen) atoms. The second kappa shape index (κ2) is 13.5. The van der Waals surface area contributed by atoms with E-state index in [9.17, 15) is 38.7 Å². The van der Waals surface area contributed by atoms with Gasteiger partial charge in [-0.15, -0.1) is 0 Å². The molecule has 3 amide bonds. The number of carbonyl (C=O) groups excluding carboxylic acids is 3. The molecule has 0 aromatic rings. The lowest BCUT2D eigenvalue weighted by Gasteiger charge is -2.23. The van der Waals surface area contributed by atoms with Crippen molar-refractivity contribution in [1.82, 2.24) is 16.0 Å². The first-order chi connectivity index (χ1) is 14.7. The lowest BCUT2D eigenvalue weighted by molar-refractivity contribution is -0.145. The standard InChI is InChI=1S/C17H25N3O12/c1-7(21)4-11(22)18-9(5-13(25)26)15(29)20-10(6-14(27)28)16(30)19-8(17(31)32)2-3-12(23)24/h7-10,21H,2-6H2,1H3,(H,18,22)(H,19,30)(H,20,29)(H,23,24)(H,25,26)(H,27,28)(H,31,32)/t7?,8-,9-,10-/m0/s1. The van der Waals surface area contributed by atoms with E-state index in [2.05, 4.69) is 0 Å². The summed E-state index contributed by atoms with van der Waals surface area (Å²) in [4.78, 5) is 80.4. The van der Waals surface area contributed by atoms with Gasteiger partial charge >= 0.3 is 23.9 Å². The van der Waals surface area contributed by atoms with Crippen molar-refractivity contribution in [3.05, 3.63) is 0 Å². The van der Waals surface area contributed by atoms with Gasteiger partial charge in [0, 0.05) is 6.42 Å². The van der Waals surface area contributed by atoms with Gasteiger partial charge in [0.05, 0.1) is 25.4 Å². The zero-order valence-electron chi connectivity index (χ0n) is 16.9. The minimum absolute atomic E-state index is 0.466. The zero-order valence-corrected chi connectivity index (χ0v) is 16.9. The third-order valence-electron chi connectivity index (χ3n) is 3.78. The summed E-state index contributed by atoms with van der Waals surface area (Å²) >= 11 is 0. The van der Waals surface area contributed by atoms with Crippen molar-refractivity contribution < 1.29 is 59.1 Å². The van der Waals surface area contributed by atoms with Gasteiger partial charge in [0.15, 0.2) is 0 Å². The molecule has 8 N–H and O–H groups in total. The van der Waals surface area contributed by atoms with E-state index >= 15 is 0 Å². The van der Waals surface area contributed by atoms with Crippen LogP contribution in [0, 0.1) is 0 Å². The predicted molar refractivity (Wildman–Crippen MR) is 101 cm³/mol. The first kappa shape index (κ1) is 28.2. The van der Waals surface area contributed by atoms with Crippen molar-refractivity contribution in [3.8, 4) is 0 Å². The highest BCUT2D eigenvalue weighted by atomic mass is 16.4. The topological polar surface area (TPSA) is 257 Å². The summed E-state index contributed by atoms with van der Waals surface area (Å²) in [5, 5.41) is 50.7. The number of carboxylic acid groups (broad SMARTS) is 4. The molecular weight excluding hydrogens is 438 g/mol. The number of nitrogens with one attached hydrogen (secondary N) is 3. The molecule has 0 spiro atoms. The number of carbonyl (C=O) groups is 7. The maximum absolute atomic E-state index is 12.4. The average molecular weight is 463 g/mol. The quantitative estimate of drug-likeness (QED) is 0.122. The van der Waals surface area contributed by atoms with Crippen LogP contribution < -0.4 is 16.0 Å². The summed E-state index contributed by atoms with van der Waals surface area (Å²) in [6.45, 7) is 1.27. The van der Waals surface area contributed by atoms with Gasteiger partial charge in [-0.2, -0.15) is 0 Å². The molecule has 0 saturated carbocycles. The molecule has 0 aromatic carbocycles. The molecule has 0 heterocycles. The fourth-order valence-corrected chi connectivity index (χ4v) is 2.36. The zero-order chi connectivity index (χ0) is 25.0. The lowest BCUT2D eigenvalue weighted by Crippen LogP contribution is -2.56. The van der Waals surface area contributed by atoms with Gasteiger partial charge in [-0.1, -0.05) is 0 Å². The van der Waals surface area contributed by atoms with E-state index in [1.807, 2.05) is 16.0 Å². The molecule has 4 atom stereocenters. The van der Waals surface area contributed by atoms with Gasteiger partial charge in [0.25, 0.3) is 0 Å². The van der Waals surface area contributed by atoms with Crippen molar-refractivity contribution in [1.29, 1.82) is 0 Å². The Labute approximate surface area is 180 Å². The second-order valence-electron chi connectivity index (χ2n) is 6.76. The molecule has 15 nitrogen and oxygen atoms in total. The summed E-state index contributed by atoms with van der Waals surface area (Å²) < 4.78 is 0. The summed E-state index contributed by atoms with van der Waals surface area (Å²) in [7, 11) is 0. The lowest BCUT2D eigenvalue weighted by atomic mass is 10.1. The highest BCUT2D eigenvalue weighted by Gasteiger charge is 2.32. The molecule has 15 heteroatoms. The molecule has 0 rings (SSSR count). The van der Waals surface area contributed by atoms with E-state index in [1.165, 1.54) is 6.92 Å². The van der Waals surface area contributed by atoms with Gasteiger partial charge in [0.1, 0.15) is 18.1 Å². The van der Waals surface area contributed by atoms with Crippen LogP contribution in [-0.4, -0.2) is 91.4 Å². The van der Waals surface area contributed by atoms with Crippen LogP contribution in [0.15, 0.2) is 0 Å². The van der Waals surface area contributed by atoms with E-state index < -0.39 is 97.9 Å². The maximum Gasteiger partial charge on any atom is 0.326 e. The third-order valence-corrected chi connectivity index (χ3v) is 3.78. The summed E-state index contributed by atoms with van der Waals surface area (Å²) in [6, 6.07) is -5.30. The number of aliphatic hydroxyl groups is 1. The highest BCUT2D eigenvalue weighted by molar-refractivity contribution is 5.96. The Morgan fingerprint density at radius 1 is 0.656 bits per heavy atom. The molecule has 0 aliphatic rings. The van der Waals surface area contributed by atoms with E-state index in [0.29, 0.717) is 0 Å². The van der Waals surface area contributed by atoms with Crippen molar-refractivity contribution in [2.75, 3.05) is 0 Å². The van der Waals surface area contributed by atoms with Gasteiger partial charge in [-0.05, 0) is 13.3 Å². The number of aliphatic hydroxyl groups excluding tert-OH is 1. The van der Waals surface area contributed by atoms with Crippen LogP contribution in [0.25, 0.3) is 0 Å². The number of carboxylic acids is 4. The molecular formula is C17H25N3O12.